The van der Waals surface area contributed by atoms with Crippen LogP contribution in [0.3, 0.4) is 0 Å². The third-order valence-electron chi connectivity index (χ3n) is 4.06. The molecular weight excluding hydrogens is 324 g/mol. The van der Waals surface area contributed by atoms with Crippen molar-refractivity contribution in [1.82, 2.24) is 19.5 Å². The number of morpholine rings is 1. The summed E-state index contributed by atoms with van der Waals surface area (Å²) in [5.74, 6) is -0.0698. The Balaban J connectivity index is 1.70. The lowest BCUT2D eigenvalue weighted by Crippen LogP contribution is -2.48. The Morgan fingerprint density at radius 3 is 2.79 bits per heavy atom. The monoisotopic (exact) mass is 342 g/mol. The summed E-state index contributed by atoms with van der Waals surface area (Å²) < 4.78 is 7.44. The van der Waals surface area contributed by atoms with Crippen LogP contribution >= 0.6 is 11.3 Å². The van der Waals surface area contributed by atoms with E-state index in [1.165, 1.54) is 0 Å². The molecule has 2 atom stereocenters. The first-order valence-electron chi connectivity index (χ1n) is 7.95. The molecule has 2 unspecified atom stereocenters. The van der Waals surface area contributed by atoms with Crippen LogP contribution in [0.25, 0.3) is 16.2 Å². The zero-order chi connectivity index (χ0) is 16.7. The molecule has 1 aliphatic heterocycles. The van der Waals surface area contributed by atoms with E-state index < -0.39 is 0 Å². The molecular formula is C17H18N4O2S. The van der Waals surface area contributed by atoms with E-state index in [2.05, 4.69) is 10.1 Å². The first-order valence-corrected chi connectivity index (χ1v) is 8.83. The van der Waals surface area contributed by atoms with Gasteiger partial charge >= 0.3 is 0 Å². The van der Waals surface area contributed by atoms with Crippen LogP contribution in [-0.2, 0) is 4.74 Å². The molecule has 4 heterocycles. The smallest absolute Gasteiger partial charge is 0.274 e. The van der Waals surface area contributed by atoms with Crippen molar-refractivity contribution in [1.29, 1.82) is 0 Å². The van der Waals surface area contributed by atoms with E-state index in [1.54, 1.807) is 28.1 Å². The molecule has 0 aliphatic carbocycles. The Hall–Kier alpha value is -2.25. The van der Waals surface area contributed by atoms with Gasteiger partial charge in [0.25, 0.3) is 5.91 Å². The number of amides is 1. The van der Waals surface area contributed by atoms with Gasteiger partial charge in [0.2, 0.25) is 0 Å². The van der Waals surface area contributed by atoms with Gasteiger partial charge in [0.05, 0.1) is 22.8 Å². The number of nitrogens with zero attached hydrogens (tertiary/aromatic N) is 4. The number of hydrogen-bond acceptors (Lipinski definition) is 5. The lowest BCUT2D eigenvalue weighted by atomic mass is 10.2. The van der Waals surface area contributed by atoms with Crippen LogP contribution in [0.1, 0.15) is 24.3 Å². The Morgan fingerprint density at radius 2 is 2.08 bits per heavy atom. The van der Waals surface area contributed by atoms with E-state index in [0.717, 1.165) is 10.6 Å². The Bertz CT molecular complexity index is 864. The molecule has 1 aliphatic rings. The van der Waals surface area contributed by atoms with Gasteiger partial charge in [-0.3, -0.25) is 4.79 Å². The summed E-state index contributed by atoms with van der Waals surface area (Å²) >= 11 is 1.64. The molecule has 1 fully saturated rings. The van der Waals surface area contributed by atoms with Crippen molar-refractivity contribution in [3.8, 4) is 10.6 Å². The normalized spacial score (nSPS) is 21.3. The summed E-state index contributed by atoms with van der Waals surface area (Å²) in [5.41, 5.74) is 2.05. The van der Waals surface area contributed by atoms with Crippen LogP contribution in [0.15, 0.2) is 35.8 Å². The summed E-state index contributed by atoms with van der Waals surface area (Å²) in [6.45, 7) is 5.14. The molecule has 0 saturated carbocycles. The molecule has 6 nitrogen and oxygen atoms in total. The van der Waals surface area contributed by atoms with Crippen molar-refractivity contribution in [2.75, 3.05) is 13.1 Å². The second-order valence-electron chi connectivity index (χ2n) is 6.07. The summed E-state index contributed by atoms with van der Waals surface area (Å²) in [4.78, 5) is 20.1. The second kappa shape index (κ2) is 5.99. The standard InChI is InChI=1S/C17H18N4O2S/c1-11-9-20(10-12(2)23-11)17(22)13-8-16-18-6-5-14(21(16)19-13)15-4-3-7-24-15/h3-8,11-12H,9-10H2,1-2H3. The molecule has 4 rings (SSSR count). The predicted octanol–water partition coefficient (Wildman–Crippen LogP) is 2.71. The molecule has 0 bridgehead atoms. The Kier molecular flexibility index (Phi) is 3.82. The average Bonchev–Trinajstić information content (AvgIpc) is 3.22. The predicted molar refractivity (Wildman–Crippen MR) is 92.2 cm³/mol. The second-order valence-corrected chi connectivity index (χ2v) is 7.02. The van der Waals surface area contributed by atoms with Crippen molar-refractivity contribution < 1.29 is 9.53 Å². The number of thiophene rings is 1. The van der Waals surface area contributed by atoms with Gasteiger partial charge in [0.15, 0.2) is 11.3 Å². The number of carbonyl (C=O) groups excluding carboxylic acids is 1. The fourth-order valence-electron chi connectivity index (χ4n) is 3.12. The highest BCUT2D eigenvalue weighted by Crippen LogP contribution is 2.25. The van der Waals surface area contributed by atoms with E-state index >= 15 is 0 Å². The van der Waals surface area contributed by atoms with Gasteiger partial charge < -0.3 is 9.64 Å². The van der Waals surface area contributed by atoms with Gasteiger partial charge in [-0.15, -0.1) is 11.3 Å². The summed E-state index contributed by atoms with van der Waals surface area (Å²) in [6.07, 6.45) is 1.82. The highest BCUT2D eigenvalue weighted by atomic mass is 32.1. The lowest BCUT2D eigenvalue weighted by Gasteiger charge is -2.34. The fourth-order valence-corrected chi connectivity index (χ4v) is 3.85. The average molecular weight is 342 g/mol. The van der Waals surface area contributed by atoms with Crippen molar-refractivity contribution in [3.05, 3.63) is 41.5 Å². The zero-order valence-electron chi connectivity index (χ0n) is 13.5. The summed E-state index contributed by atoms with van der Waals surface area (Å²) in [6, 6.07) is 7.70. The first-order chi connectivity index (χ1) is 11.6. The fraction of sp³-hybridized carbons (Fsp3) is 0.353. The van der Waals surface area contributed by atoms with Gasteiger partial charge in [-0.05, 0) is 31.4 Å². The zero-order valence-corrected chi connectivity index (χ0v) is 14.4. The van der Waals surface area contributed by atoms with Crippen molar-refractivity contribution in [3.63, 3.8) is 0 Å². The van der Waals surface area contributed by atoms with Gasteiger partial charge in [0, 0.05) is 25.4 Å². The molecule has 3 aromatic heterocycles. The van der Waals surface area contributed by atoms with Crippen LogP contribution in [0.4, 0.5) is 0 Å². The maximum absolute atomic E-state index is 12.8. The van der Waals surface area contributed by atoms with E-state index in [4.69, 9.17) is 4.74 Å². The number of hydrogen-bond donors (Lipinski definition) is 0. The van der Waals surface area contributed by atoms with Gasteiger partial charge in [-0.1, -0.05) is 6.07 Å². The van der Waals surface area contributed by atoms with Gasteiger partial charge in [0.1, 0.15) is 0 Å². The highest BCUT2D eigenvalue weighted by Gasteiger charge is 2.28. The SMILES string of the molecule is CC1CN(C(=O)c2cc3nccc(-c4cccs4)n3n2)CC(C)O1. The maximum atomic E-state index is 12.8. The quantitative estimate of drug-likeness (QED) is 0.718. The van der Waals surface area contributed by atoms with Crippen LogP contribution in [-0.4, -0.2) is 50.7 Å². The van der Waals surface area contributed by atoms with Gasteiger partial charge in [-0.2, -0.15) is 5.10 Å². The number of rotatable bonds is 2. The third kappa shape index (κ3) is 2.70. The Morgan fingerprint density at radius 1 is 1.29 bits per heavy atom. The van der Waals surface area contributed by atoms with Crippen LogP contribution in [0, 0.1) is 0 Å². The number of ether oxygens (including phenoxy) is 1. The maximum Gasteiger partial charge on any atom is 0.274 e. The minimum atomic E-state index is -0.0698. The molecule has 0 spiro atoms. The molecule has 124 valence electrons. The minimum absolute atomic E-state index is 0.0366. The lowest BCUT2D eigenvalue weighted by molar-refractivity contribution is -0.0587. The summed E-state index contributed by atoms with van der Waals surface area (Å²) in [7, 11) is 0. The van der Waals surface area contributed by atoms with Crippen LogP contribution < -0.4 is 0 Å². The van der Waals surface area contributed by atoms with E-state index in [1.807, 2.05) is 42.3 Å². The number of carbonyl (C=O) groups is 1. The van der Waals surface area contributed by atoms with E-state index in [9.17, 15) is 4.79 Å². The largest absolute Gasteiger partial charge is 0.372 e. The molecule has 0 aromatic carbocycles. The topological polar surface area (TPSA) is 59.7 Å². The van der Waals surface area contributed by atoms with E-state index in [-0.39, 0.29) is 18.1 Å². The molecule has 1 amide bonds. The molecule has 7 heteroatoms. The minimum Gasteiger partial charge on any atom is -0.372 e. The Labute approximate surface area is 143 Å². The first kappa shape index (κ1) is 15.3. The highest BCUT2D eigenvalue weighted by molar-refractivity contribution is 7.13. The molecule has 0 radical (unpaired) electrons. The molecule has 24 heavy (non-hydrogen) atoms. The number of aromatic nitrogens is 3. The molecule has 0 N–H and O–H groups in total. The van der Waals surface area contributed by atoms with Crippen molar-refractivity contribution in [2.24, 2.45) is 0 Å². The van der Waals surface area contributed by atoms with Crippen molar-refractivity contribution >= 4 is 22.9 Å². The van der Waals surface area contributed by atoms with Crippen LogP contribution in [0.5, 0.6) is 0 Å². The third-order valence-corrected chi connectivity index (χ3v) is 4.95. The summed E-state index contributed by atoms with van der Waals surface area (Å²) in [5, 5.41) is 6.54. The van der Waals surface area contributed by atoms with E-state index in [0.29, 0.717) is 24.4 Å². The van der Waals surface area contributed by atoms with Gasteiger partial charge in [-0.25, -0.2) is 9.50 Å². The van der Waals surface area contributed by atoms with Crippen molar-refractivity contribution in [2.45, 2.75) is 26.1 Å². The number of fused-ring (bicyclic) bond motifs is 1. The molecule has 1 saturated heterocycles. The van der Waals surface area contributed by atoms with Crippen LogP contribution in [0.2, 0.25) is 0 Å². The molecule has 3 aromatic rings.